The highest BCUT2D eigenvalue weighted by atomic mass is 16.5. The van der Waals surface area contributed by atoms with E-state index in [0.717, 1.165) is 11.8 Å². The first-order valence-electron chi connectivity index (χ1n) is 15.6. The molecule has 2 aliphatic rings. The summed E-state index contributed by atoms with van der Waals surface area (Å²) in [7, 11) is 0. The molecule has 0 bridgehead atoms. The SMILES string of the molecule is CC(C)[C@H]1COC(C(Cc2ccc(-c3ccccc3)cc2)(Cc2ccc(-c3ccccc3)cc2)C2=N[C@@H](C(C)C)CO2)=N1. The molecule has 0 spiro atoms. The van der Waals surface area contributed by atoms with Crippen LogP contribution in [-0.2, 0) is 22.3 Å². The Bertz CT molecular complexity index is 1430. The number of benzene rings is 4. The van der Waals surface area contributed by atoms with E-state index in [1.165, 1.54) is 33.4 Å². The maximum atomic E-state index is 6.52. The lowest BCUT2D eigenvalue weighted by molar-refractivity contribution is 0.237. The Morgan fingerprint density at radius 1 is 0.535 bits per heavy atom. The summed E-state index contributed by atoms with van der Waals surface area (Å²) in [6.45, 7) is 10.0. The third-order valence-electron chi connectivity index (χ3n) is 8.84. The van der Waals surface area contributed by atoms with E-state index in [0.29, 0.717) is 37.9 Å². The number of aliphatic imine (C=N–C) groups is 2. The fourth-order valence-corrected chi connectivity index (χ4v) is 6.03. The highest BCUT2D eigenvalue weighted by molar-refractivity contribution is 6.07. The monoisotopic (exact) mass is 570 g/mol. The molecule has 0 amide bonds. The summed E-state index contributed by atoms with van der Waals surface area (Å²) in [5.41, 5.74) is 6.61. The Morgan fingerprint density at radius 3 is 1.21 bits per heavy atom. The van der Waals surface area contributed by atoms with E-state index < -0.39 is 5.41 Å². The van der Waals surface area contributed by atoms with Gasteiger partial charge in [0.25, 0.3) is 0 Å². The van der Waals surface area contributed by atoms with Gasteiger partial charge in [0.15, 0.2) is 11.8 Å². The lowest BCUT2D eigenvalue weighted by Crippen LogP contribution is -2.44. The third kappa shape index (κ3) is 6.29. The zero-order valence-corrected chi connectivity index (χ0v) is 25.7. The van der Waals surface area contributed by atoms with Crippen LogP contribution in [0.5, 0.6) is 0 Å². The fraction of sp³-hybridized carbons (Fsp3) is 0.333. The minimum atomic E-state index is -0.643. The Hall–Kier alpha value is -4.18. The second-order valence-electron chi connectivity index (χ2n) is 12.7. The van der Waals surface area contributed by atoms with Gasteiger partial charge < -0.3 is 9.47 Å². The fourth-order valence-electron chi connectivity index (χ4n) is 6.03. The molecule has 4 nitrogen and oxygen atoms in total. The smallest absolute Gasteiger partial charge is 0.200 e. The largest absolute Gasteiger partial charge is 0.478 e. The summed E-state index contributed by atoms with van der Waals surface area (Å²) in [6, 6.07) is 39.1. The molecule has 0 radical (unpaired) electrons. The molecule has 0 unspecified atom stereocenters. The quantitative estimate of drug-likeness (QED) is 0.191. The number of rotatable bonds is 10. The van der Waals surface area contributed by atoms with Crippen molar-refractivity contribution >= 4 is 11.8 Å². The van der Waals surface area contributed by atoms with Crippen LogP contribution >= 0.6 is 0 Å². The van der Waals surface area contributed by atoms with Crippen molar-refractivity contribution in [2.24, 2.45) is 27.2 Å². The van der Waals surface area contributed by atoms with Crippen LogP contribution in [0.1, 0.15) is 38.8 Å². The molecule has 43 heavy (non-hydrogen) atoms. The van der Waals surface area contributed by atoms with E-state index >= 15 is 0 Å². The van der Waals surface area contributed by atoms with Gasteiger partial charge in [-0.15, -0.1) is 0 Å². The molecule has 4 aromatic rings. The second kappa shape index (κ2) is 12.6. The molecule has 6 rings (SSSR count). The maximum Gasteiger partial charge on any atom is 0.200 e. The van der Waals surface area contributed by atoms with Gasteiger partial charge in [0.2, 0.25) is 0 Å². The normalized spacial score (nSPS) is 18.4. The van der Waals surface area contributed by atoms with Crippen molar-refractivity contribution in [1.29, 1.82) is 0 Å². The van der Waals surface area contributed by atoms with Gasteiger partial charge in [-0.05, 0) is 58.1 Å². The molecule has 0 saturated carbocycles. The minimum Gasteiger partial charge on any atom is -0.478 e. The van der Waals surface area contributed by atoms with Crippen LogP contribution in [0.25, 0.3) is 22.3 Å². The first-order chi connectivity index (χ1) is 20.9. The molecule has 0 N–H and O–H groups in total. The van der Waals surface area contributed by atoms with Gasteiger partial charge in [-0.25, -0.2) is 9.98 Å². The second-order valence-corrected chi connectivity index (χ2v) is 12.7. The number of ether oxygens (including phenoxy) is 2. The van der Waals surface area contributed by atoms with Gasteiger partial charge in [-0.3, -0.25) is 0 Å². The number of hydrogen-bond donors (Lipinski definition) is 0. The summed E-state index contributed by atoms with van der Waals surface area (Å²) < 4.78 is 13.0. The topological polar surface area (TPSA) is 43.2 Å². The predicted molar refractivity (Wildman–Crippen MR) is 178 cm³/mol. The summed E-state index contributed by atoms with van der Waals surface area (Å²) >= 11 is 0. The lowest BCUT2D eigenvalue weighted by Gasteiger charge is -2.32. The highest BCUT2D eigenvalue weighted by Gasteiger charge is 2.49. The van der Waals surface area contributed by atoms with Crippen LogP contribution in [0.3, 0.4) is 0 Å². The summed E-state index contributed by atoms with van der Waals surface area (Å²) in [5, 5.41) is 0. The average molecular weight is 571 g/mol. The van der Waals surface area contributed by atoms with E-state index in [1.54, 1.807) is 0 Å². The first-order valence-corrected chi connectivity index (χ1v) is 15.6. The van der Waals surface area contributed by atoms with E-state index in [4.69, 9.17) is 19.5 Å². The van der Waals surface area contributed by atoms with Crippen molar-refractivity contribution in [1.82, 2.24) is 0 Å². The van der Waals surface area contributed by atoms with Gasteiger partial charge in [-0.1, -0.05) is 137 Å². The molecule has 0 fully saturated rings. The van der Waals surface area contributed by atoms with Crippen LogP contribution in [0, 0.1) is 17.3 Å². The maximum absolute atomic E-state index is 6.52. The van der Waals surface area contributed by atoms with Crippen molar-refractivity contribution in [2.75, 3.05) is 13.2 Å². The highest BCUT2D eigenvalue weighted by Crippen LogP contribution is 2.39. The van der Waals surface area contributed by atoms with Crippen LogP contribution < -0.4 is 0 Å². The molecule has 0 saturated heterocycles. The standard InChI is InChI=1S/C39H42N2O2/c1-27(2)35-25-42-37(40-35)39(38-41-36(26-43-38)28(3)4,23-29-15-19-33(20-16-29)31-11-7-5-8-12-31)24-30-17-21-34(22-18-30)32-13-9-6-10-14-32/h5-22,27-28,35-36H,23-26H2,1-4H3/t35-,36-/m1/s1. The summed E-state index contributed by atoms with van der Waals surface area (Å²) in [6.07, 6.45) is 1.38. The van der Waals surface area contributed by atoms with Crippen molar-refractivity contribution in [3.63, 3.8) is 0 Å². The zero-order chi connectivity index (χ0) is 29.8. The van der Waals surface area contributed by atoms with E-state index in [-0.39, 0.29) is 12.1 Å². The van der Waals surface area contributed by atoms with E-state index in [2.05, 4.69) is 137 Å². The Balaban J connectivity index is 1.42. The van der Waals surface area contributed by atoms with Crippen LogP contribution in [0.15, 0.2) is 119 Å². The Morgan fingerprint density at radius 2 is 0.884 bits per heavy atom. The molecule has 4 aromatic carbocycles. The number of hydrogen-bond acceptors (Lipinski definition) is 4. The van der Waals surface area contributed by atoms with Gasteiger partial charge in [0, 0.05) is 0 Å². The minimum absolute atomic E-state index is 0.123. The molecular formula is C39H42N2O2. The van der Waals surface area contributed by atoms with Crippen LogP contribution in [0.2, 0.25) is 0 Å². The van der Waals surface area contributed by atoms with E-state index in [9.17, 15) is 0 Å². The van der Waals surface area contributed by atoms with E-state index in [1.807, 2.05) is 0 Å². The van der Waals surface area contributed by atoms with Crippen molar-refractivity contribution in [3.05, 3.63) is 120 Å². The molecule has 0 aromatic heterocycles. The predicted octanol–water partition coefficient (Wildman–Crippen LogP) is 8.70. The molecule has 2 atom stereocenters. The van der Waals surface area contributed by atoms with Gasteiger partial charge >= 0.3 is 0 Å². The summed E-state index contributed by atoms with van der Waals surface area (Å²) in [4.78, 5) is 10.5. The Kier molecular flexibility index (Phi) is 8.47. The molecule has 2 aliphatic heterocycles. The van der Waals surface area contributed by atoms with Crippen LogP contribution in [0.4, 0.5) is 0 Å². The zero-order valence-electron chi connectivity index (χ0n) is 25.7. The molecule has 220 valence electrons. The molecule has 2 heterocycles. The van der Waals surface area contributed by atoms with Gasteiger partial charge in [-0.2, -0.15) is 0 Å². The Labute approximate surface area is 256 Å². The number of nitrogens with zero attached hydrogens (tertiary/aromatic N) is 2. The average Bonchev–Trinajstić information content (AvgIpc) is 3.75. The van der Waals surface area contributed by atoms with Crippen LogP contribution in [-0.4, -0.2) is 37.1 Å². The molecule has 0 aliphatic carbocycles. The van der Waals surface area contributed by atoms with Crippen molar-refractivity contribution in [2.45, 2.75) is 52.6 Å². The van der Waals surface area contributed by atoms with Gasteiger partial charge in [0.1, 0.15) is 18.6 Å². The summed E-state index contributed by atoms with van der Waals surface area (Å²) in [5.74, 6) is 2.29. The van der Waals surface area contributed by atoms with Gasteiger partial charge in [0.05, 0.1) is 12.1 Å². The first kappa shape index (κ1) is 28.9. The van der Waals surface area contributed by atoms with Crippen molar-refractivity contribution in [3.8, 4) is 22.3 Å². The molecular weight excluding hydrogens is 528 g/mol. The third-order valence-corrected chi connectivity index (χ3v) is 8.84. The molecule has 4 heteroatoms. The van der Waals surface area contributed by atoms with Crippen molar-refractivity contribution < 1.29 is 9.47 Å². The lowest BCUT2D eigenvalue weighted by atomic mass is 9.75.